The lowest BCUT2D eigenvalue weighted by Gasteiger charge is -2.35. The Kier molecular flexibility index (Phi) is 8.70. The quantitative estimate of drug-likeness (QED) is 0.295. The molecule has 3 saturated heterocycles. The zero-order chi connectivity index (χ0) is 23.3. The molecule has 176 valence electrons. The summed E-state index contributed by atoms with van der Waals surface area (Å²) in [4.78, 5) is 44.2. The second-order valence-electron chi connectivity index (χ2n) is 6.93. The van der Waals surface area contributed by atoms with E-state index in [1.54, 1.807) is 6.92 Å². The molecule has 0 spiro atoms. The highest BCUT2D eigenvalue weighted by Crippen LogP contribution is 2.29. The molecule has 3 aliphatic rings. The molecule has 3 N–H and O–H groups in total. The van der Waals surface area contributed by atoms with Gasteiger partial charge in [0.25, 0.3) is 0 Å². The Hall–Kier alpha value is -2.32. The van der Waals surface area contributed by atoms with E-state index in [4.69, 9.17) is 28.4 Å². The highest BCUT2D eigenvalue weighted by Gasteiger charge is 2.54. The predicted molar refractivity (Wildman–Crippen MR) is 95.1 cm³/mol. The fourth-order valence-electron chi connectivity index (χ4n) is 3.20. The first-order valence-corrected chi connectivity index (χ1v) is 9.55. The average Bonchev–Trinajstić information content (AvgIpc) is 2.89. The molecule has 0 aromatic carbocycles. The second-order valence-corrected chi connectivity index (χ2v) is 6.93. The number of ether oxygens (including phenoxy) is 6. The van der Waals surface area contributed by atoms with Crippen molar-refractivity contribution in [1.29, 1.82) is 0 Å². The van der Waals surface area contributed by atoms with E-state index in [2.05, 4.69) is 0 Å². The fourth-order valence-corrected chi connectivity index (χ4v) is 3.20. The lowest BCUT2D eigenvalue weighted by Crippen LogP contribution is -2.57. The minimum Gasteiger partial charge on any atom is -0.464 e. The van der Waals surface area contributed by atoms with E-state index in [1.165, 1.54) is 6.92 Å². The SMILES string of the molecule is CC(=O)O[C@@H]1[C@H]2OC(=O)[C@@H]1OC[C@@H]2O.CCOC(=O)[C@H]1OC[C@H](O)[C@H](O)[C@H]1OC(C)=O. The highest BCUT2D eigenvalue weighted by molar-refractivity contribution is 5.79. The Morgan fingerprint density at radius 2 is 1.55 bits per heavy atom. The van der Waals surface area contributed by atoms with E-state index in [1.807, 2.05) is 0 Å². The molecule has 31 heavy (non-hydrogen) atoms. The maximum absolute atomic E-state index is 11.5. The van der Waals surface area contributed by atoms with E-state index in [9.17, 15) is 34.5 Å². The van der Waals surface area contributed by atoms with E-state index in [-0.39, 0.29) is 19.8 Å². The molecule has 3 rings (SSSR count). The van der Waals surface area contributed by atoms with Crippen molar-refractivity contribution in [2.24, 2.45) is 0 Å². The first-order valence-electron chi connectivity index (χ1n) is 9.55. The van der Waals surface area contributed by atoms with Crippen LogP contribution in [0.25, 0.3) is 0 Å². The Bertz CT molecular complexity index is 679. The molecular weight excluding hydrogens is 424 g/mol. The number of aliphatic hydroxyl groups is 3. The number of fused-ring (bicyclic) bond motifs is 2. The summed E-state index contributed by atoms with van der Waals surface area (Å²) in [5, 5.41) is 28.4. The third-order valence-corrected chi connectivity index (χ3v) is 4.53. The van der Waals surface area contributed by atoms with Crippen LogP contribution in [0.15, 0.2) is 0 Å². The number of esters is 4. The first-order chi connectivity index (χ1) is 14.6. The van der Waals surface area contributed by atoms with Crippen molar-refractivity contribution in [3.63, 3.8) is 0 Å². The summed E-state index contributed by atoms with van der Waals surface area (Å²) in [7, 11) is 0. The van der Waals surface area contributed by atoms with Crippen molar-refractivity contribution in [3.8, 4) is 0 Å². The molecule has 13 nitrogen and oxygen atoms in total. The molecule has 0 aromatic rings. The number of rotatable bonds is 4. The van der Waals surface area contributed by atoms with Crippen LogP contribution in [-0.4, -0.2) is 108 Å². The zero-order valence-corrected chi connectivity index (χ0v) is 17.2. The molecule has 2 bridgehead atoms. The molecule has 0 aliphatic carbocycles. The van der Waals surface area contributed by atoms with Gasteiger partial charge in [0.2, 0.25) is 0 Å². The van der Waals surface area contributed by atoms with Crippen LogP contribution in [-0.2, 0) is 47.6 Å². The van der Waals surface area contributed by atoms with Gasteiger partial charge in [-0.1, -0.05) is 0 Å². The van der Waals surface area contributed by atoms with Crippen LogP contribution >= 0.6 is 0 Å². The molecule has 3 heterocycles. The monoisotopic (exact) mass is 450 g/mol. The van der Waals surface area contributed by atoms with Crippen molar-refractivity contribution in [2.75, 3.05) is 19.8 Å². The minimum atomic E-state index is -1.37. The number of carbonyl (C=O) groups excluding carboxylic acids is 4. The minimum absolute atomic E-state index is 0.0266. The van der Waals surface area contributed by atoms with Crippen LogP contribution in [0.5, 0.6) is 0 Å². The van der Waals surface area contributed by atoms with Gasteiger partial charge >= 0.3 is 23.9 Å². The lowest BCUT2D eigenvalue weighted by atomic mass is 10.00. The van der Waals surface area contributed by atoms with E-state index in [0.29, 0.717) is 0 Å². The number of hydrogen-bond acceptors (Lipinski definition) is 13. The fraction of sp³-hybridized carbons (Fsp3) is 0.778. The van der Waals surface area contributed by atoms with Crippen LogP contribution in [0.1, 0.15) is 20.8 Å². The van der Waals surface area contributed by atoms with Crippen molar-refractivity contribution >= 4 is 23.9 Å². The van der Waals surface area contributed by atoms with Crippen LogP contribution < -0.4 is 0 Å². The van der Waals surface area contributed by atoms with Crippen molar-refractivity contribution in [1.82, 2.24) is 0 Å². The van der Waals surface area contributed by atoms with Gasteiger partial charge in [0.1, 0.15) is 18.3 Å². The third kappa shape index (κ3) is 6.11. The molecule has 13 heteroatoms. The second kappa shape index (κ2) is 10.8. The van der Waals surface area contributed by atoms with E-state index in [0.717, 1.165) is 6.92 Å². The number of hydrogen-bond donors (Lipinski definition) is 3. The van der Waals surface area contributed by atoms with Crippen LogP contribution in [0.4, 0.5) is 0 Å². The average molecular weight is 450 g/mol. The number of carbonyl (C=O) groups is 4. The summed E-state index contributed by atoms with van der Waals surface area (Å²) < 4.78 is 29.2. The van der Waals surface area contributed by atoms with Gasteiger partial charge in [-0.2, -0.15) is 0 Å². The molecule has 3 fully saturated rings. The smallest absolute Gasteiger partial charge is 0.339 e. The Morgan fingerprint density at radius 3 is 2.13 bits per heavy atom. The van der Waals surface area contributed by atoms with Gasteiger partial charge < -0.3 is 43.7 Å². The normalized spacial score (nSPS) is 36.4. The highest BCUT2D eigenvalue weighted by atomic mass is 16.7. The molecular formula is C18H26O13. The molecule has 0 radical (unpaired) electrons. The molecule has 0 amide bonds. The maximum Gasteiger partial charge on any atom is 0.339 e. The van der Waals surface area contributed by atoms with Crippen molar-refractivity contribution in [2.45, 2.75) is 69.6 Å². The molecule has 0 unspecified atom stereocenters. The van der Waals surface area contributed by atoms with Gasteiger partial charge in [-0.15, -0.1) is 0 Å². The van der Waals surface area contributed by atoms with Gasteiger partial charge in [-0.05, 0) is 6.92 Å². The van der Waals surface area contributed by atoms with E-state index >= 15 is 0 Å². The summed E-state index contributed by atoms with van der Waals surface area (Å²) in [5.41, 5.74) is 0. The van der Waals surface area contributed by atoms with Gasteiger partial charge in [-0.25, -0.2) is 9.59 Å². The third-order valence-electron chi connectivity index (χ3n) is 4.53. The predicted octanol–water partition coefficient (Wildman–Crippen LogP) is -2.79. The molecule has 8 atom stereocenters. The Balaban J connectivity index is 0.000000224. The van der Waals surface area contributed by atoms with Crippen LogP contribution in [0.2, 0.25) is 0 Å². The van der Waals surface area contributed by atoms with Crippen molar-refractivity contribution < 1.29 is 62.9 Å². The van der Waals surface area contributed by atoms with Gasteiger partial charge in [0, 0.05) is 13.8 Å². The zero-order valence-electron chi connectivity index (χ0n) is 17.2. The Labute approximate surface area is 177 Å². The summed E-state index contributed by atoms with van der Waals surface area (Å²) >= 11 is 0. The lowest BCUT2D eigenvalue weighted by molar-refractivity contribution is -0.216. The molecule has 3 aliphatic heterocycles. The Morgan fingerprint density at radius 1 is 0.968 bits per heavy atom. The largest absolute Gasteiger partial charge is 0.464 e. The van der Waals surface area contributed by atoms with E-state index < -0.39 is 72.7 Å². The first kappa shape index (κ1) is 24.9. The standard InChI is InChI=1S/C10H16O7.C8H10O6/c1-3-15-10(14)9-8(17-5(2)11)7(13)6(12)4-16-9;1-3(9)13-6-5-4(10)2-12-7(6)8(11)14-5/h6-9,12-13H,3-4H2,1-2H3;4-7,10H,2H2,1H3/t6-,7-,8+,9-;4-,5-,6+,7+/m00/s1. The topological polar surface area (TPSA) is 184 Å². The maximum atomic E-state index is 11.5. The van der Waals surface area contributed by atoms with Gasteiger partial charge in [0.05, 0.1) is 19.8 Å². The van der Waals surface area contributed by atoms with Crippen molar-refractivity contribution in [3.05, 3.63) is 0 Å². The summed E-state index contributed by atoms with van der Waals surface area (Å²) in [5.74, 6) is -2.52. The number of aliphatic hydroxyl groups excluding tert-OH is 3. The van der Waals surface area contributed by atoms with Gasteiger partial charge in [-0.3, -0.25) is 9.59 Å². The summed E-state index contributed by atoms with van der Waals surface area (Å²) in [6.45, 7) is 3.93. The summed E-state index contributed by atoms with van der Waals surface area (Å²) in [6.07, 6.45) is -8.46. The van der Waals surface area contributed by atoms with Crippen LogP contribution in [0, 0.1) is 0 Å². The van der Waals surface area contributed by atoms with Crippen LogP contribution in [0.3, 0.4) is 0 Å². The molecule has 0 saturated carbocycles. The molecule has 0 aromatic heterocycles. The van der Waals surface area contributed by atoms with Gasteiger partial charge in [0.15, 0.2) is 30.5 Å². The summed E-state index contributed by atoms with van der Waals surface area (Å²) in [6, 6.07) is 0.